The second-order valence-electron chi connectivity index (χ2n) is 8.14. The second-order valence-corrected chi connectivity index (χ2v) is 12.3. The van der Waals surface area contributed by atoms with Gasteiger partial charge >= 0.3 is 193 Å². The quantitative estimate of drug-likeness (QED) is 0.348. The van der Waals surface area contributed by atoms with Crippen molar-refractivity contribution in [2.45, 2.75) is 20.8 Å². The number of benzene rings is 3. The van der Waals surface area contributed by atoms with Crippen molar-refractivity contribution in [3.8, 4) is 0 Å². The van der Waals surface area contributed by atoms with Gasteiger partial charge < -0.3 is 12.4 Å². The van der Waals surface area contributed by atoms with Gasteiger partial charge in [-0.1, -0.05) is 0 Å². The molecule has 2 atom stereocenters. The molecule has 2 aliphatic rings. The fourth-order valence-corrected chi connectivity index (χ4v) is 10.6. The molecule has 3 aromatic carbocycles. The standard InChI is InChI=1S/2C9H7.C8H3F6.ClH.Ti/c2*1-2-5-9-7-3-6-8(9)4-1;9-7(10,11)5-1-2-6(4-3-5)8(12,13)14;;/h2*1-7H;1-3H;1H;/q;;;;+1/p-1. The first-order valence-corrected chi connectivity index (χ1v) is 12.9. The molecule has 0 aliphatic heterocycles. The van der Waals surface area contributed by atoms with E-state index in [0.29, 0.717) is 12.1 Å². The number of fused-ring (bicyclic) bond motifs is 2. The predicted octanol–water partition coefficient (Wildman–Crippen LogP) is 4.51. The molecule has 0 nitrogen and oxygen atoms in total. The molecule has 2 unspecified atom stereocenters. The van der Waals surface area contributed by atoms with Crippen molar-refractivity contribution in [3.63, 3.8) is 0 Å². The number of alkyl halides is 6. The van der Waals surface area contributed by atoms with E-state index in [2.05, 4.69) is 0 Å². The van der Waals surface area contributed by atoms with Gasteiger partial charge in [0.2, 0.25) is 0 Å². The van der Waals surface area contributed by atoms with Crippen LogP contribution >= 0.6 is 0 Å². The van der Waals surface area contributed by atoms with Crippen molar-refractivity contribution in [1.29, 1.82) is 0 Å². The summed E-state index contributed by atoms with van der Waals surface area (Å²) < 4.78 is 82.3. The predicted molar refractivity (Wildman–Crippen MR) is 113 cm³/mol. The maximum Gasteiger partial charge on any atom is -1.00 e. The Kier molecular flexibility index (Phi) is 6.62. The first-order chi connectivity index (χ1) is 15.6. The molecule has 5 rings (SSSR count). The topological polar surface area (TPSA) is 0 Å². The zero-order chi connectivity index (χ0) is 23.4. The summed E-state index contributed by atoms with van der Waals surface area (Å²) in [6.07, 6.45) is -1.96. The Balaban J connectivity index is 0.00000274. The van der Waals surface area contributed by atoms with E-state index in [9.17, 15) is 26.3 Å². The Morgan fingerprint density at radius 1 is 0.618 bits per heavy atom. The summed E-state index contributed by atoms with van der Waals surface area (Å²) in [6.45, 7) is 0. The van der Waals surface area contributed by atoms with Gasteiger partial charge in [-0.25, -0.2) is 0 Å². The number of hydrogen-bond acceptors (Lipinski definition) is 0. The number of allylic oxidation sites excluding steroid dienone is 2. The van der Waals surface area contributed by atoms with Crippen LogP contribution in [0, 0.1) is 0 Å². The zero-order valence-electron chi connectivity index (χ0n) is 17.5. The molecule has 0 heterocycles. The summed E-state index contributed by atoms with van der Waals surface area (Å²) in [5.41, 5.74) is 1.58. The molecule has 0 amide bonds. The van der Waals surface area contributed by atoms with Crippen molar-refractivity contribution < 1.29 is 56.6 Å². The van der Waals surface area contributed by atoms with Gasteiger partial charge in [0.15, 0.2) is 0 Å². The minimum absolute atomic E-state index is 0. The van der Waals surface area contributed by atoms with Gasteiger partial charge in [0, 0.05) is 0 Å². The van der Waals surface area contributed by atoms with Crippen molar-refractivity contribution in [1.82, 2.24) is 0 Å². The minimum atomic E-state index is -4.75. The molecule has 0 saturated carbocycles. The van der Waals surface area contributed by atoms with Gasteiger partial charge in [0.1, 0.15) is 0 Å². The van der Waals surface area contributed by atoms with E-state index < -0.39 is 41.4 Å². The maximum atomic E-state index is 14.1. The van der Waals surface area contributed by atoms with E-state index in [1.54, 1.807) is 0 Å². The molecule has 174 valence electrons. The van der Waals surface area contributed by atoms with E-state index in [1.165, 1.54) is 0 Å². The Bertz CT molecular complexity index is 1210. The number of rotatable bonds is 3. The Morgan fingerprint density at radius 3 is 1.59 bits per heavy atom. The van der Waals surface area contributed by atoms with Gasteiger partial charge in [0.25, 0.3) is 0 Å². The third-order valence-corrected chi connectivity index (χ3v) is 11.5. The summed E-state index contributed by atoms with van der Waals surface area (Å²) in [5.74, 6) is 0. The maximum absolute atomic E-state index is 14.1. The van der Waals surface area contributed by atoms with Crippen LogP contribution in [-0.2, 0) is 30.2 Å². The van der Waals surface area contributed by atoms with E-state index in [1.807, 2.05) is 72.8 Å². The number of halogens is 7. The van der Waals surface area contributed by atoms with Crippen molar-refractivity contribution in [3.05, 3.63) is 112 Å². The molecular weight excluding hydrogens is 510 g/mol. The first-order valence-electron chi connectivity index (χ1n) is 10.3. The average Bonchev–Trinajstić information content (AvgIpc) is 3.38. The molecule has 34 heavy (non-hydrogen) atoms. The van der Waals surface area contributed by atoms with Crippen LogP contribution in [0.5, 0.6) is 0 Å². The number of hydrogen-bond donors (Lipinski definition) is 0. The van der Waals surface area contributed by atoms with E-state index in [4.69, 9.17) is 0 Å². The molecule has 0 fully saturated rings. The van der Waals surface area contributed by atoms with Crippen LogP contribution in [0.2, 0.25) is 0 Å². The van der Waals surface area contributed by atoms with E-state index in [0.717, 1.165) is 28.3 Å². The van der Waals surface area contributed by atoms with Crippen LogP contribution in [0.4, 0.5) is 26.3 Å². The molecule has 0 radical (unpaired) electrons. The minimum Gasteiger partial charge on any atom is -1.00 e. The largest absolute Gasteiger partial charge is 1.00 e. The van der Waals surface area contributed by atoms with Gasteiger partial charge in [-0.2, -0.15) is 0 Å². The fraction of sp³-hybridized carbons (Fsp3) is 0.154. The summed E-state index contributed by atoms with van der Waals surface area (Å²) >= 11 is -3.19. The molecule has 0 N–H and O–H groups in total. The normalized spacial score (nSPS) is 18.4. The van der Waals surface area contributed by atoms with Crippen LogP contribution in [0.1, 0.15) is 41.8 Å². The molecule has 0 spiro atoms. The zero-order valence-corrected chi connectivity index (χ0v) is 19.8. The molecule has 3 aromatic rings. The van der Waals surface area contributed by atoms with Crippen LogP contribution in [0.3, 0.4) is 0 Å². The molecule has 0 bridgehead atoms. The molecule has 0 aromatic heterocycles. The average molecular weight is 527 g/mol. The van der Waals surface area contributed by atoms with Gasteiger partial charge in [-0.05, 0) is 0 Å². The Hall–Kier alpha value is -2.28. The van der Waals surface area contributed by atoms with Gasteiger partial charge in [-0.3, -0.25) is 0 Å². The molecule has 0 saturated heterocycles. The summed E-state index contributed by atoms with van der Waals surface area (Å²) in [4.78, 5) is 0. The summed E-state index contributed by atoms with van der Waals surface area (Å²) in [6, 6.07) is 16.8. The summed E-state index contributed by atoms with van der Waals surface area (Å²) in [5, 5.41) is 0. The molecule has 8 heteroatoms. The van der Waals surface area contributed by atoms with E-state index in [-0.39, 0.29) is 24.7 Å². The van der Waals surface area contributed by atoms with Crippen LogP contribution < -0.4 is 16.3 Å². The van der Waals surface area contributed by atoms with Crippen molar-refractivity contribution in [2.75, 3.05) is 0 Å². The van der Waals surface area contributed by atoms with Crippen molar-refractivity contribution in [2.24, 2.45) is 0 Å². The first kappa shape index (κ1) is 24.8. The smallest absolute Gasteiger partial charge is 1.00 e. The third-order valence-electron chi connectivity index (χ3n) is 6.23. The third kappa shape index (κ3) is 4.39. The molecular formula is C26H17ClF6Ti. The van der Waals surface area contributed by atoms with Crippen LogP contribution in [-0.4, -0.2) is 0 Å². The fourth-order valence-electron chi connectivity index (χ4n) is 4.78. The van der Waals surface area contributed by atoms with Gasteiger partial charge in [-0.15, -0.1) is 0 Å². The summed E-state index contributed by atoms with van der Waals surface area (Å²) in [7, 11) is 0. The van der Waals surface area contributed by atoms with Gasteiger partial charge in [0.05, 0.1) is 0 Å². The van der Waals surface area contributed by atoms with Crippen LogP contribution in [0.15, 0.2) is 78.9 Å². The SMILES string of the molecule is FC(F)(F)c1ccc(C(F)(F)F)[c]([Ti+]([CH]2C=Cc3ccccc32)[CH]2C=Cc3ccccc32)c1.[Cl-]. The monoisotopic (exact) mass is 526 g/mol. The van der Waals surface area contributed by atoms with Crippen LogP contribution in [0.25, 0.3) is 12.2 Å². The Labute approximate surface area is 205 Å². The molecule has 2 aliphatic carbocycles. The van der Waals surface area contributed by atoms with E-state index >= 15 is 0 Å². The van der Waals surface area contributed by atoms with Crippen molar-refractivity contribution >= 4 is 16.0 Å². The Morgan fingerprint density at radius 2 is 1.12 bits per heavy atom. The second kappa shape index (κ2) is 9.06.